The second-order valence-corrected chi connectivity index (χ2v) is 7.46. The molecule has 2 aromatic carbocycles. The van der Waals surface area contributed by atoms with E-state index in [1.54, 1.807) is 67.3 Å². The molecular formula is C21H22ClN3O3. The van der Waals surface area contributed by atoms with Crippen molar-refractivity contribution >= 4 is 46.4 Å². The SMILES string of the molecule is CC(C)C(=O)Nc1cccc(NC(=O)C2CCN(c3ccc(Cl)cc3)C2=O)c1. The van der Waals surface area contributed by atoms with Crippen molar-refractivity contribution < 1.29 is 14.4 Å². The van der Waals surface area contributed by atoms with E-state index in [2.05, 4.69) is 10.6 Å². The number of nitrogens with zero attached hydrogens (tertiary/aromatic N) is 1. The van der Waals surface area contributed by atoms with Crippen molar-refractivity contribution in [1.29, 1.82) is 0 Å². The van der Waals surface area contributed by atoms with Crippen molar-refractivity contribution in [3.8, 4) is 0 Å². The van der Waals surface area contributed by atoms with Gasteiger partial charge in [0.05, 0.1) is 0 Å². The number of benzene rings is 2. The van der Waals surface area contributed by atoms with Crippen LogP contribution in [0.1, 0.15) is 20.3 Å². The van der Waals surface area contributed by atoms with Gasteiger partial charge >= 0.3 is 0 Å². The van der Waals surface area contributed by atoms with Gasteiger partial charge in [-0.05, 0) is 48.9 Å². The lowest BCUT2D eigenvalue weighted by Crippen LogP contribution is -2.33. The van der Waals surface area contributed by atoms with E-state index >= 15 is 0 Å². The monoisotopic (exact) mass is 399 g/mol. The van der Waals surface area contributed by atoms with Gasteiger partial charge in [-0.2, -0.15) is 0 Å². The van der Waals surface area contributed by atoms with Crippen LogP contribution in [0.25, 0.3) is 0 Å². The van der Waals surface area contributed by atoms with Crippen LogP contribution in [0.4, 0.5) is 17.1 Å². The molecule has 1 unspecified atom stereocenters. The molecule has 7 heteroatoms. The fourth-order valence-electron chi connectivity index (χ4n) is 2.99. The molecule has 0 radical (unpaired) electrons. The van der Waals surface area contributed by atoms with Gasteiger partial charge in [0.15, 0.2) is 0 Å². The summed E-state index contributed by atoms with van der Waals surface area (Å²) in [4.78, 5) is 38.7. The number of halogens is 1. The molecule has 2 aromatic rings. The van der Waals surface area contributed by atoms with Gasteiger partial charge in [0.2, 0.25) is 17.7 Å². The summed E-state index contributed by atoms with van der Waals surface area (Å²) in [6.45, 7) is 4.08. The van der Waals surface area contributed by atoms with Crippen LogP contribution in [0.3, 0.4) is 0 Å². The lowest BCUT2D eigenvalue weighted by molar-refractivity contribution is -0.129. The lowest BCUT2D eigenvalue weighted by atomic mass is 10.1. The Balaban J connectivity index is 1.66. The molecule has 1 atom stereocenters. The quantitative estimate of drug-likeness (QED) is 0.748. The molecule has 2 N–H and O–H groups in total. The predicted molar refractivity (Wildman–Crippen MR) is 110 cm³/mol. The summed E-state index contributed by atoms with van der Waals surface area (Å²) in [5.41, 5.74) is 1.85. The Hall–Kier alpha value is -2.86. The molecule has 6 nitrogen and oxygen atoms in total. The first-order valence-electron chi connectivity index (χ1n) is 9.14. The first kappa shape index (κ1) is 19.9. The van der Waals surface area contributed by atoms with Gasteiger partial charge in [-0.1, -0.05) is 31.5 Å². The normalized spacial score (nSPS) is 16.4. The van der Waals surface area contributed by atoms with Gasteiger partial charge in [-0.15, -0.1) is 0 Å². The van der Waals surface area contributed by atoms with Crippen LogP contribution < -0.4 is 15.5 Å². The van der Waals surface area contributed by atoms with E-state index in [0.717, 1.165) is 5.69 Å². The van der Waals surface area contributed by atoms with Crippen LogP contribution in [0.15, 0.2) is 48.5 Å². The average molecular weight is 400 g/mol. The average Bonchev–Trinajstić information content (AvgIpc) is 3.04. The summed E-state index contributed by atoms with van der Waals surface area (Å²) in [6.07, 6.45) is 0.442. The van der Waals surface area contributed by atoms with E-state index in [4.69, 9.17) is 11.6 Å². The Morgan fingerprint density at radius 3 is 2.36 bits per heavy atom. The Morgan fingerprint density at radius 1 is 1.07 bits per heavy atom. The predicted octanol–water partition coefficient (Wildman–Crippen LogP) is 3.93. The topological polar surface area (TPSA) is 78.5 Å². The molecule has 1 fully saturated rings. The smallest absolute Gasteiger partial charge is 0.239 e. The zero-order chi connectivity index (χ0) is 20.3. The van der Waals surface area contributed by atoms with Crippen LogP contribution >= 0.6 is 11.6 Å². The molecule has 0 saturated carbocycles. The molecule has 0 bridgehead atoms. The highest BCUT2D eigenvalue weighted by Crippen LogP contribution is 2.27. The minimum atomic E-state index is -0.746. The highest BCUT2D eigenvalue weighted by molar-refractivity contribution is 6.30. The Kier molecular flexibility index (Phi) is 5.99. The molecule has 28 heavy (non-hydrogen) atoms. The molecule has 0 spiro atoms. The molecule has 3 rings (SSSR count). The van der Waals surface area contributed by atoms with Gasteiger partial charge in [0.1, 0.15) is 5.92 Å². The zero-order valence-corrected chi connectivity index (χ0v) is 16.5. The van der Waals surface area contributed by atoms with Gasteiger partial charge < -0.3 is 15.5 Å². The van der Waals surface area contributed by atoms with Crippen LogP contribution in [0.5, 0.6) is 0 Å². The number of carbonyl (C=O) groups excluding carboxylic acids is 3. The fraction of sp³-hybridized carbons (Fsp3) is 0.286. The summed E-state index contributed by atoms with van der Waals surface area (Å²) in [7, 11) is 0. The van der Waals surface area contributed by atoms with Crippen molar-refractivity contribution in [3.05, 3.63) is 53.6 Å². The standard InChI is InChI=1S/C21H22ClN3O3/c1-13(2)19(26)23-15-4-3-5-16(12-15)24-20(27)18-10-11-25(21(18)28)17-8-6-14(22)7-9-17/h3-9,12-13,18H,10-11H2,1-2H3,(H,23,26)(H,24,27). The van der Waals surface area contributed by atoms with Crippen molar-refractivity contribution in [2.45, 2.75) is 20.3 Å². The number of carbonyl (C=O) groups is 3. The van der Waals surface area contributed by atoms with Crippen molar-refractivity contribution in [2.75, 3.05) is 22.1 Å². The Labute approximate surface area is 168 Å². The molecule has 1 aliphatic heterocycles. The molecule has 1 heterocycles. The van der Waals surface area contributed by atoms with Crippen molar-refractivity contribution in [3.63, 3.8) is 0 Å². The maximum Gasteiger partial charge on any atom is 0.239 e. The van der Waals surface area contributed by atoms with Crippen molar-refractivity contribution in [2.24, 2.45) is 11.8 Å². The van der Waals surface area contributed by atoms with Gasteiger partial charge in [-0.3, -0.25) is 14.4 Å². The summed E-state index contributed by atoms with van der Waals surface area (Å²) >= 11 is 5.89. The highest BCUT2D eigenvalue weighted by atomic mass is 35.5. The van der Waals surface area contributed by atoms with E-state index in [1.807, 2.05) is 0 Å². The second kappa shape index (κ2) is 8.44. The minimum Gasteiger partial charge on any atom is -0.326 e. The number of nitrogens with one attached hydrogen (secondary N) is 2. The van der Waals surface area contributed by atoms with Crippen molar-refractivity contribution in [1.82, 2.24) is 0 Å². The summed E-state index contributed by atoms with van der Waals surface area (Å²) in [5, 5.41) is 6.16. The first-order valence-corrected chi connectivity index (χ1v) is 9.51. The molecule has 1 saturated heterocycles. The Morgan fingerprint density at radius 2 is 1.71 bits per heavy atom. The maximum absolute atomic E-state index is 12.7. The van der Waals surface area contributed by atoms with Crippen LogP contribution in [-0.2, 0) is 14.4 Å². The van der Waals surface area contributed by atoms with Crippen LogP contribution in [0, 0.1) is 11.8 Å². The minimum absolute atomic E-state index is 0.104. The van der Waals surface area contributed by atoms with Gasteiger partial charge in [0, 0.05) is 34.5 Å². The number of amides is 3. The van der Waals surface area contributed by atoms with Crippen LogP contribution in [0.2, 0.25) is 5.02 Å². The fourth-order valence-corrected chi connectivity index (χ4v) is 3.12. The van der Waals surface area contributed by atoms with Gasteiger partial charge in [0.25, 0.3) is 0 Å². The molecule has 146 valence electrons. The number of rotatable bonds is 5. The third-order valence-corrected chi connectivity index (χ3v) is 4.83. The molecule has 0 aromatic heterocycles. The molecule has 0 aliphatic carbocycles. The van der Waals surface area contributed by atoms with Gasteiger partial charge in [-0.25, -0.2) is 0 Å². The zero-order valence-electron chi connectivity index (χ0n) is 15.7. The number of hydrogen-bond donors (Lipinski definition) is 2. The van der Waals surface area contributed by atoms with E-state index in [0.29, 0.717) is 29.4 Å². The summed E-state index contributed by atoms with van der Waals surface area (Å²) in [5.74, 6) is -1.58. The molecular weight excluding hydrogens is 378 g/mol. The van der Waals surface area contributed by atoms with E-state index in [1.165, 1.54) is 0 Å². The third kappa shape index (κ3) is 4.51. The highest BCUT2D eigenvalue weighted by Gasteiger charge is 2.37. The van der Waals surface area contributed by atoms with Crippen LogP contribution in [-0.4, -0.2) is 24.3 Å². The van der Waals surface area contributed by atoms with E-state index in [9.17, 15) is 14.4 Å². The largest absolute Gasteiger partial charge is 0.326 e. The maximum atomic E-state index is 12.7. The number of hydrogen-bond acceptors (Lipinski definition) is 3. The molecule has 3 amide bonds. The molecule has 1 aliphatic rings. The third-order valence-electron chi connectivity index (χ3n) is 4.58. The Bertz CT molecular complexity index is 896. The summed E-state index contributed by atoms with van der Waals surface area (Å²) in [6, 6.07) is 13.8. The number of anilines is 3. The second-order valence-electron chi connectivity index (χ2n) is 7.02. The first-order chi connectivity index (χ1) is 13.3. The van der Waals surface area contributed by atoms with E-state index in [-0.39, 0.29) is 23.6 Å². The summed E-state index contributed by atoms with van der Waals surface area (Å²) < 4.78 is 0. The lowest BCUT2D eigenvalue weighted by Gasteiger charge is -2.17. The van der Waals surface area contributed by atoms with E-state index < -0.39 is 5.92 Å².